The van der Waals surface area contributed by atoms with Gasteiger partial charge in [0.05, 0.1) is 11.0 Å². The molecule has 0 aliphatic rings. The van der Waals surface area contributed by atoms with E-state index in [0.29, 0.717) is 0 Å². The summed E-state index contributed by atoms with van der Waals surface area (Å²) in [7, 11) is 0. The van der Waals surface area contributed by atoms with Crippen LogP contribution < -0.4 is 4.90 Å². The van der Waals surface area contributed by atoms with Gasteiger partial charge in [0.1, 0.15) is 0 Å². The maximum atomic E-state index is 2.45. The summed E-state index contributed by atoms with van der Waals surface area (Å²) in [5.41, 5.74) is 9.54. The van der Waals surface area contributed by atoms with Crippen molar-refractivity contribution in [1.82, 2.24) is 4.57 Å². The fourth-order valence-electron chi connectivity index (χ4n) is 9.09. The number of fused-ring (bicyclic) bond motifs is 7. The number of anilines is 3. The van der Waals surface area contributed by atoms with E-state index in [4.69, 9.17) is 0 Å². The monoisotopic (exact) mass is 716 g/mol. The normalized spacial score (nSPS) is 12.0. The van der Waals surface area contributed by atoms with Crippen molar-refractivity contribution in [3.05, 3.63) is 194 Å². The Bertz CT molecular complexity index is 3410. The van der Waals surface area contributed by atoms with Crippen LogP contribution in [0.4, 0.5) is 17.1 Å². The van der Waals surface area contributed by atoms with Gasteiger partial charge in [-0.2, -0.15) is 0 Å². The number of nitrogens with zero attached hydrogens (tertiary/aromatic N) is 2. The van der Waals surface area contributed by atoms with Crippen LogP contribution in [0.2, 0.25) is 0 Å². The second-order valence-corrected chi connectivity index (χ2v) is 15.6. The number of rotatable bonds is 5. The van der Waals surface area contributed by atoms with E-state index < -0.39 is 0 Å². The first-order valence-corrected chi connectivity index (χ1v) is 19.7. The maximum Gasteiger partial charge on any atom is 0.0620 e. The number of aromatic nitrogens is 1. The van der Waals surface area contributed by atoms with Crippen molar-refractivity contribution in [3.8, 4) is 16.8 Å². The second-order valence-electron chi connectivity index (χ2n) is 14.5. The average molecular weight is 717 g/mol. The molecule has 3 heteroatoms. The first-order chi connectivity index (χ1) is 27.3. The zero-order valence-electron chi connectivity index (χ0n) is 29.8. The zero-order chi connectivity index (χ0) is 36.0. The quantitative estimate of drug-likeness (QED) is 0.161. The molecule has 2 heterocycles. The Hall–Kier alpha value is -6.94. The molecule has 0 fully saturated rings. The molecule has 0 unspecified atom stereocenters. The van der Waals surface area contributed by atoms with Crippen LogP contribution in [0.5, 0.6) is 0 Å². The van der Waals surface area contributed by atoms with Crippen molar-refractivity contribution in [2.24, 2.45) is 0 Å². The van der Waals surface area contributed by atoms with Gasteiger partial charge in [-0.1, -0.05) is 127 Å². The minimum absolute atomic E-state index is 1.13. The van der Waals surface area contributed by atoms with E-state index in [-0.39, 0.29) is 0 Å². The largest absolute Gasteiger partial charge is 0.310 e. The predicted molar refractivity (Wildman–Crippen MR) is 237 cm³/mol. The third kappa shape index (κ3) is 4.54. The first kappa shape index (κ1) is 30.5. The summed E-state index contributed by atoms with van der Waals surface area (Å²) in [5, 5.41) is 13.0. The van der Waals surface area contributed by atoms with Crippen LogP contribution in [-0.4, -0.2) is 4.57 Å². The summed E-state index contributed by atoms with van der Waals surface area (Å²) in [6.07, 6.45) is 0. The fraction of sp³-hybridized carbons (Fsp3) is 0. The Balaban J connectivity index is 1.03. The van der Waals surface area contributed by atoms with Gasteiger partial charge in [0, 0.05) is 59.1 Å². The van der Waals surface area contributed by atoms with E-state index >= 15 is 0 Å². The smallest absolute Gasteiger partial charge is 0.0620 e. The van der Waals surface area contributed by atoms with Gasteiger partial charge >= 0.3 is 0 Å². The number of benzene rings is 10. The molecule has 55 heavy (non-hydrogen) atoms. The molecule has 12 rings (SSSR count). The zero-order valence-corrected chi connectivity index (χ0v) is 30.6. The lowest BCUT2D eigenvalue weighted by atomic mass is 9.89. The molecular formula is C52H32N2S. The highest BCUT2D eigenvalue weighted by atomic mass is 32.1. The number of thiophene rings is 1. The molecule has 0 atom stereocenters. The molecule has 0 saturated carbocycles. The summed E-state index contributed by atoms with van der Waals surface area (Å²) in [5.74, 6) is 0. The second kappa shape index (κ2) is 11.8. The highest BCUT2D eigenvalue weighted by molar-refractivity contribution is 7.25. The lowest BCUT2D eigenvalue weighted by Gasteiger charge is -2.26. The van der Waals surface area contributed by atoms with Gasteiger partial charge in [-0.3, -0.25) is 0 Å². The first-order valence-electron chi connectivity index (χ1n) is 18.8. The Labute approximate surface area is 321 Å². The highest BCUT2D eigenvalue weighted by Gasteiger charge is 2.20. The Morgan fingerprint density at radius 3 is 1.85 bits per heavy atom. The molecule has 0 N–H and O–H groups in total. The van der Waals surface area contributed by atoms with Gasteiger partial charge < -0.3 is 9.47 Å². The van der Waals surface area contributed by atoms with Crippen molar-refractivity contribution in [2.45, 2.75) is 0 Å². The number of hydrogen-bond acceptors (Lipinski definition) is 2. The van der Waals surface area contributed by atoms with Crippen molar-refractivity contribution < 1.29 is 0 Å². The molecule has 0 aliphatic carbocycles. The summed E-state index contributed by atoms with van der Waals surface area (Å²) < 4.78 is 5.07. The van der Waals surface area contributed by atoms with Gasteiger partial charge in [0.25, 0.3) is 0 Å². The van der Waals surface area contributed by atoms with Crippen molar-refractivity contribution >= 4 is 103 Å². The molecule has 0 aliphatic heterocycles. The van der Waals surface area contributed by atoms with E-state index in [9.17, 15) is 0 Å². The summed E-state index contributed by atoms with van der Waals surface area (Å²) in [4.78, 5) is 2.37. The molecule has 0 saturated heterocycles. The summed E-state index contributed by atoms with van der Waals surface area (Å²) >= 11 is 1.86. The minimum atomic E-state index is 1.13. The van der Waals surface area contributed by atoms with E-state index in [2.05, 4.69) is 204 Å². The van der Waals surface area contributed by atoms with Crippen LogP contribution in [0, 0.1) is 0 Å². The molecule has 2 aromatic heterocycles. The molecule has 256 valence electrons. The Kier molecular flexibility index (Phi) is 6.54. The van der Waals surface area contributed by atoms with Crippen LogP contribution in [-0.2, 0) is 0 Å². The summed E-state index contributed by atoms with van der Waals surface area (Å²) in [6.45, 7) is 0. The minimum Gasteiger partial charge on any atom is -0.310 e. The highest BCUT2D eigenvalue weighted by Crippen LogP contribution is 2.46. The molecule has 0 bridgehead atoms. The van der Waals surface area contributed by atoms with Gasteiger partial charge in [0.2, 0.25) is 0 Å². The lowest BCUT2D eigenvalue weighted by molar-refractivity contribution is 1.19. The van der Waals surface area contributed by atoms with Crippen LogP contribution in [0.25, 0.3) is 91.1 Å². The Morgan fingerprint density at radius 1 is 0.382 bits per heavy atom. The molecule has 12 aromatic rings. The van der Waals surface area contributed by atoms with Crippen LogP contribution in [0.15, 0.2) is 194 Å². The lowest BCUT2D eigenvalue weighted by Crippen LogP contribution is -2.09. The average Bonchev–Trinajstić information content (AvgIpc) is 3.79. The predicted octanol–water partition coefficient (Wildman–Crippen LogP) is 15.2. The SMILES string of the molecule is c1ccc(N(c2ccc(-c3ccc4ccc5cc6c7ccccc7n(-c7ccccc7)c6c6ccc3c4c56)cc2)c2ccc3c(c2)sc2ccccc23)cc1. The maximum absolute atomic E-state index is 2.45. The molecule has 0 spiro atoms. The van der Waals surface area contributed by atoms with Crippen molar-refractivity contribution in [1.29, 1.82) is 0 Å². The van der Waals surface area contributed by atoms with Crippen molar-refractivity contribution in [2.75, 3.05) is 4.90 Å². The fourth-order valence-corrected chi connectivity index (χ4v) is 10.2. The van der Waals surface area contributed by atoms with E-state index in [1.807, 2.05) is 11.3 Å². The van der Waals surface area contributed by atoms with E-state index in [0.717, 1.165) is 17.1 Å². The van der Waals surface area contributed by atoms with Crippen LogP contribution in [0.1, 0.15) is 0 Å². The Morgan fingerprint density at radius 2 is 1.00 bits per heavy atom. The molecule has 10 aromatic carbocycles. The molecule has 0 amide bonds. The van der Waals surface area contributed by atoms with Gasteiger partial charge in [-0.15, -0.1) is 11.3 Å². The van der Waals surface area contributed by atoms with E-state index in [1.54, 1.807) is 0 Å². The van der Waals surface area contributed by atoms with E-state index in [1.165, 1.54) is 91.1 Å². The van der Waals surface area contributed by atoms with Crippen LogP contribution >= 0.6 is 11.3 Å². The van der Waals surface area contributed by atoms with Crippen LogP contribution in [0.3, 0.4) is 0 Å². The third-order valence-electron chi connectivity index (χ3n) is 11.5. The topological polar surface area (TPSA) is 8.17 Å². The molecule has 2 nitrogen and oxygen atoms in total. The third-order valence-corrected chi connectivity index (χ3v) is 12.6. The van der Waals surface area contributed by atoms with Crippen molar-refractivity contribution in [3.63, 3.8) is 0 Å². The number of hydrogen-bond donors (Lipinski definition) is 0. The standard InChI is InChI=1S/C52H32N2S/c1-3-11-36(12-4-1)53(39-26-28-43-42-16-8-10-18-48(42)55-49(43)32-39)38-24-21-33(22-25-38)40-27-23-34-19-20-35-31-46-41-15-7-9-17-47(41)54(37-13-5-2-6-14-37)52(46)45-30-29-44(40)50(34)51(35)45/h1-32H. The summed E-state index contributed by atoms with van der Waals surface area (Å²) in [6, 6.07) is 71.4. The van der Waals surface area contributed by atoms with Gasteiger partial charge in [0.15, 0.2) is 0 Å². The molecule has 0 radical (unpaired) electrons. The van der Waals surface area contributed by atoms with Gasteiger partial charge in [-0.25, -0.2) is 0 Å². The molecular weight excluding hydrogens is 685 g/mol. The number of para-hydroxylation sites is 3. The van der Waals surface area contributed by atoms with Gasteiger partial charge in [-0.05, 0) is 105 Å².